The minimum atomic E-state index is -0.0833. The highest BCUT2D eigenvalue weighted by Crippen LogP contribution is 2.33. The first-order chi connectivity index (χ1) is 18.4. The van der Waals surface area contributed by atoms with Crippen molar-refractivity contribution in [2.45, 2.75) is 77.6 Å². The molecule has 38 heavy (non-hydrogen) atoms. The molecule has 0 radical (unpaired) electrons. The monoisotopic (exact) mass is 512 g/mol. The Labute approximate surface area is 226 Å². The average molecular weight is 513 g/mol. The van der Waals surface area contributed by atoms with Crippen LogP contribution in [0.25, 0.3) is 0 Å². The fraction of sp³-hybridized carbons (Fsp3) is 0.424. The van der Waals surface area contributed by atoms with Gasteiger partial charge in [0.25, 0.3) is 0 Å². The molecule has 0 aliphatic heterocycles. The Bertz CT molecular complexity index is 1220. The van der Waals surface area contributed by atoms with E-state index in [1.54, 1.807) is 0 Å². The lowest BCUT2D eigenvalue weighted by molar-refractivity contribution is -0.116. The summed E-state index contributed by atoms with van der Waals surface area (Å²) >= 11 is 0. The normalized spacial score (nSPS) is 16.0. The Morgan fingerprint density at radius 2 is 1.87 bits per heavy atom. The topological polar surface area (TPSA) is 75.3 Å². The molecule has 2 N–H and O–H groups in total. The van der Waals surface area contributed by atoms with Gasteiger partial charge in [-0.15, -0.1) is 0 Å². The van der Waals surface area contributed by atoms with Crippen LogP contribution in [0.4, 0.5) is 11.4 Å². The van der Waals surface area contributed by atoms with Gasteiger partial charge in [-0.1, -0.05) is 43.0 Å². The summed E-state index contributed by atoms with van der Waals surface area (Å²) in [5.41, 5.74) is 6.18. The fourth-order valence-electron chi connectivity index (χ4n) is 4.98. The minimum Gasteiger partial charge on any atom is -0.385 e. The van der Waals surface area contributed by atoms with E-state index in [9.17, 15) is 14.4 Å². The number of benzene rings is 2. The van der Waals surface area contributed by atoms with Gasteiger partial charge in [-0.05, 0) is 105 Å². The summed E-state index contributed by atoms with van der Waals surface area (Å²) in [5, 5.41) is 6.58. The maximum absolute atomic E-state index is 13.1. The lowest BCUT2D eigenvalue weighted by Gasteiger charge is -2.14. The van der Waals surface area contributed by atoms with Gasteiger partial charge in [0.05, 0.1) is 0 Å². The first-order valence-electron chi connectivity index (χ1n) is 14.1. The largest absolute Gasteiger partial charge is 0.385 e. The number of hydrogen-bond donors (Lipinski definition) is 2. The van der Waals surface area contributed by atoms with Gasteiger partial charge in [0, 0.05) is 36.3 Å². The van der Waals surface area contributed by atoms with Gasteiger partial charge in [-0.2, -0.15) is 0 Å². The molecule has 5 heteroatoms. The predicted molar refractivity (Wildman–Crippen MR) is 155 cm³/mol. The Morgan fingerprint density at radius 3 is 2.61 bits per heavy atom. The molecule has 5 nitrogen and oxygen atoms in total. The number of rotatable bonds is 14. The number of carbonyl (C=O) groups excluding carboxylic acids is 3. The molecule has 0 spiro atoms. The molecule has 2 aromatic carbocycles. The van der Waals surface area contributed by atoms with Crippen LogP contribution >= 0.6 is 0 Å². The zero-order valence-corrected chi connectivity index (χ0v) is 22.6. The molecule has 2 fully saturated rings. The fourth-order valence-corrected chi connectivity index (χ4v) is 4.98. The molecule has 2 aromatic rings. The van der Waals surface area contributed by atoms with Crippen LogP contribution in [0.2, 0.25) is 0 Å². The number of ketones is 2. The van der Waals surface area contributed by atoms with Crippen molar-refractivity contribution in [1.82, 2.24) is 0 Å². The molecule has 4 rings (SSSR count). The van der Waals surface area contributed by atoms with E-state index in [2.05, 4.69) is 36.3 Å². The summed E-state index contributed by atoms with van der Waals surface area (Å²) in [7, 11) is 0. The molecule has 2 aliphatic rings. The minimum absolute atomic E-state index is 0.0182. The van der Waals surface area contributed by atoms with E-state index >= 15 is 0 Å². The number of aryl methyl sites for hydroxylation is 2. The van der Waals surface area contributed by atoms with E-state index in [0.717, 1.165) is 80.4 Å². The third-order valence-corrected chi connectivity index (χ3v) is 7.50. The number of carbonyl (C=O) groups is 3. The van der Waals surface area contributed by atoms with Crippen molar-refractivity contribution in [3.05, 3.63) is 83.0 Å². The zero-order valence-electron chi connectivity index (χ0n) is 22.6. The van der Waals surface area contributed by atoms with Crippen LogP contribution in [0.3, 0.4) is 0 Å². The van der Waals surface area contributed by atoms with Crippen LogP contribution in [0.1, 0.15) is 85.7 Å². The third-order valence-electron chi connectivity index (χ3n) is 7.50. The number of Topliss-reactive ketones (excluding diaryl/α,β-unsaturated/α-hetero) is 2. The first-order valence-corrected chi connectivity index (χ1v) is 14.1. The van der Waals surface area contributed by atoms with Crippen LogP contribution in [-0.2, 0) is 16.0 Å². The van der Waals surface area contributed by atoms with Gasteiger partial charge >= 0.3 is 0 Å². The van der Waals surface area contributed by atoms with E-state index in [1.807, 2.05) is 36.4 Å². The molecule has 200 valence electrons. The number of anilines is 2. The van der Waals surface area contributed by atoms with Crippen molar-refractivity contribution in [2.24, 2.45) is 5.92 Å². The standard InChI is InChI=1S/C33H40N2O3/c1-23-9-4-6-14-29(23)34-20-8-13-26-18-19-28(22-30(26)35-32(37)21-25-16-17-25)33(38)24(2)10-3-5-11-27-12-7-15-31(27)36/h4,6,9,11,14,18-19,22,25,34H,2-3,5,7-8,10,12-13,15-17,20-21H2,1H3,(H,35,37). The van der Waals surface area contributed by atoms with E-state index in [1.165, 1.54) is 5.56 Å². The second-order valence-electron chi connectivity index (χ2n) is 10.7. The Morgan fingerprint density at radius 1 is 1.05 bits per heavy atom. The molecular weight excluding hydrogens is 472 g/mol. The van der Waals surface area contributed by atoms with Crippen LogP contribution in [0.5, 0.6) is 0 Å². The molecule has 0 atom stereocenters. The maximum atomic E-state index is 13.1. The molecule has 1 amide bonds. The van der Waals surface area contributed by atoms with Gasteiger partial charge in [0.1, 0.15) is 0 Å². The maximum Gasteiger partial charge on any atom is 0.224 e. The Balaban J connectivity index is 1.35. The summed E-state index contributed by atoms with van der Waals surface area (Å²) in [5.74, 6) is 0.697. The number of hydrogen-bond acceptors (Lipinski definition) is 4. The quantitative estimate of drug-likeness (QED) is 0.157. The van der Waals surface area contributed by atoms with Crippen LogP contribution in [-0.4, -0.2) is 24.0 Å². The lowest BCUT2D eigenvalue weighted by Crippen LogP contribution is -2.15. The van der Waals surface area contributed by atoms with Gasteiger partial charge in [-0.25, -0.2) is 0 Å². The highest BCUT2D eigenvalue weighted by Gasteiger charge is 2.25. The summed E-state index contributed by atoms with van der Waals surface area (Å²) in [4.78, 5) is 37.6. The van der Waals surface area contributed by atoms with Crippen molar-refractivity contribution >= 4 is 28.8 Å². The first kappa shape index (κ1) is 27.6. The molecule has 2 saturated carbocycles. The molecule has 0 saturated heterocycles. The van der Waals surface area contributed by atoms with Crippen molar-refractivity contribution in [2.75, 3.05) is 17.2 Å². The Kier molecular flexibility index (Phi) is 9.69. The number of allylic oxidation sites excluding steroid dienone is 3. The van der Waals surface area contributed by atoms with Crippen LogP contribution in [0, 0.1) is 12.8 Å². The second-order valence-corrected chi connectivity index (χ2v) is 10.7. The lowest BCUT2D eigenvalue weighted by atomic mass is 9.96. The molecule has 0 bridgehead atoms. The summed E-state index contributed by atoms with van der Waals surface area (Å²) < 4.78 is 0. The predicted octanol–water partition coefficient (Wildman–Crippen LogP) is 7.37. The van der Waals surface area contributed by atoms with Crippen LogP contribution in [0.15, 0.2) is 66.3 Å². The number of para-hydroxylation sites is 1. The number of unbranched alkanes of at least 4 members (excludes halogenated alkanes) is 1. The summed E-state index contributed by atoms with van der Waals surface area (Å²) in [6, 6.07) is 13.9. The van der Waals surface area contributed by atoms with Gasteiger partial charge < -0.3 is 10.6 Å². The summed E-state index contributed by atoms with van der Waals surface area (Å²) in [6.07, 6.45) is 11.2. The second kappa shape index (κ2) is 13.4. The van der Waals surface area contributed by atoms with Crippen molar-refractivity contribution in [3.8, 4) is 0 Å². The van der Waals surface area contributed by atoms with E-state index in [-0.39, 0.29) is 17.5 Å². The molecular formula is C33H40N2O3. The number of amides is 1. The van der Waals surface area contributed by atoms with Crippen molar-refractivity contribution in [3.63, 3.8) is 0 Å². The van der Waals surface area contributed by atoms with Gasteiger partial charge in [0.15, 0.2) is 11.6 Å². The molecule has 0 heterocycles. The SMILES string of the molecule is C=C(CCCC=C1CCCC1=O)C(=O)c1ccc(CCCNc2ccccc2C)c(NC(=O)CC2CC2)c1. The highest BCUT2D eigenvalue weighted by molar-refractivity contribution is 6.09. The molecule has 0 aromatic heterocycles. The number of nitrogens with one attached hydrogen (secondary N) is 2. The van der Waals surface area contributed by atoms with Crippen LogP contribution < -0.4 is 10.6 Å². The smallest absolute Gasteiger partial charge is 0.224 e. The summed E-state index contributed by atoms with van der Waals surface area (Å²) in [6.45, 7) is 6.95. The van der Waals surface area contributed by atoms with Gasteiger partial charge in [0.2, 0.25) is 5.91 Å². The van der Waals surface area contributed by atoms with Crippen molar-refractivity contribution < 1.29 is 14.4 Å². The highest BCUT2D eigenvalue weighted by atomic mass is 16.1. The average Bonchev–Trinajstić information content (AvgIpc) is 3.63. The molecule has 2 aliphatic carbocycles. The molecule has 0 unspecified atom stereocenters. The van der Waals surface area contributed by atoms with E-state index in [0.29, 0.717) is 36.3 Å². The zero-order chi connectivity index (χ0) is 26.9. The van der Waals surface area contributed by atoms with Crippen molar-refractivity contribution in [1.29, 1.82) is 0 Å². The Hall–Kier alpha value is -3.47. The third kappa shape index (κ3) is 8.01. The van der Waals surface area contributed by atoms with Gasteiger partial charge in [-0.3, -0.25) is 14.4 Å². The van der Waals surface area contributed by atoms with E-state index < -0.39 is 0 Å². The van der Waals surface area contributed by atoms with E-state index in [4.69, 9.17) is 0 Å².